The van der Waals surface area contributed by atoms with E-state index in [1.165, 1.54) is 0 Å². The predicted octanol–water partition coefficient (Wildman–Crippen LogP) is 3.13. The zero-order chi connectivity index (χ0) is 14.9. The van der Waals surface area contributed by atoms with Crippen molar-refractivity contribution in [2.45, 2.75) is 32.4 Å². The number of carbonyl (C=O) groups excluding carboxylic acids is 1. The van der Waals surface area contributed by atoms with Gasteiger partial charge in [0, 0.05) is 25.0 Å². The van der Waals surface area contributed by atoms with Crippen LogP contribution in [0.2, 0.25) is 0 Å². The molecule has 1 aromatic rings. The van der Waals surface area contributed by atoms with Crippen molar-refractivity contribution in [3.8, 4) is 0 Å². The van der Waals surface area contributed by atoms with E-state index in [2.05, 4.69) is 32.9 Å². The number of amides is 1. The molecular weight excluding hydrogens is 342 g/mol. The standard InChI is InChI=1S/C13H20BrN3O2S/c1-13(2,3)19-12(18)17-6-5-16(4)10(7-17)9-8-20-11(14)15-9/h8,10H,5-7H2,1-4H3. The molecule has 7 heteroatoms. The van der Waals surface area contributed by atoms with Crippen molar-refractivity contribution in [1.82, 2.24) is 14.8 Å². The van der Waals surface area contributed by atoms with E-state index in [0.29, 0.717) is 13.1 Å². The van der Waals surface area contributed by atoms with Crippen LogP contribution in [0.4, 0.5) is 4.79 Å². The first-order chi connectivity index (χ1) is 9.26. The number of ether oxygens (including phenoxy) is 1. The van der Waals surface area contributed by atoms with Gasteiger partial charge in [-0.05, 0) is 43.7 Å². The van der Waals surface area contributed by atoms with E-state index in [1.807, 2.05) is 26.2 Å². The molecule has 5 nitrogen and oxygen atoms in total. The van der Waals surface area contributed by atoms with Crippen LogP contribution in [0.25, 0.3) is 0 Å². The molecule has 0 radical (unpaired) electrons. The Morgan fingerprint density at radius 3 is 2.75 bits per heavy atom. The van der Waals surface area contributed by atoms with Crippen LogP contribution in [0, 0.1) is 0 Å². The van der Waals surface area contributed by atoms with Crippen molar-refractivity contribution < 1.29 is 9.53 Å². The smallest absolute Gasteiger partial charge is 0.410 e. The number of rotatable bonds is 1. The van der Waals surface area contributed by atoms with Crippen molar-refractivity contribution in [1.29, 1.82) is 0 Å². The first-order valence-electron chi connectivity index (χ1n) is 6.55. The van der Waals surface area contributed by atoms with Crippen molar-refractivity contribution in [3.63, 3.8) is 0 Å². The summed E-state index contributed by atoms with van der Waals surface area (Å²) in [7, 11) is 2.06. The minimum Gasteiger partial charge on any atom is -0.444 e. The number of piperazine rings is 1. The van der Waals surface area contributed by atoms with E-state index in [4.69, 9.17) is 4.74 Å². The summed E-state index contributed by atoms with van der Waals surface area (Å²) in [5.41, 5.74) is 0.539. The highest BCUT2D eigenvalue weighted by Gasteiger charge is 2.32. The molecule has 0 saturated carbocycles. The van der Waals surface area contributed by atoms with Gasteiger partial charge in [0.25, 0.3) is 0 Å². The van der Waals surface area contributed by atoms with E-state index in [-0.39, 0.29) is 12.1 Å². The maximum Gasteiger partial charge on any atom is 0.410 e. The minimum atomic E-state index is -0.459. The van der Waals surface area contributed by atoms with Crippen LogP contribution in [0.1, 0.15) is 32.5 Å². The van der Waals surface area contributed by atoms with Gasteiger partial charge < -0.3 is 9.64 Å². The van der Waals surface area contributed by atoms with Gasteiger partial charge in [0.2, 0.25) is 0 Å². The van der Waals surface area contributed by atoms with Gasteiger partial charge in [-0.25, -0.2) is 9.78 Å². The molecule has 0 bridgehead atoms. The molecule has 112 valence electrons. The van der Waals surface area contributed by atoms with Crippen LogP contribution in [0.5, 0.6) is 0 Å². The highest BCUT2D eigenvalue weighted by molar-refractivity contribution is 9.11. The Morgan fingerprint density at radius 1 is 1.50 bits per heavy atom. The second kappa shape index (κ2) is 5.99. The van der Waals surface area contributed by atoms with Gasteiger partial charge in [-0.1, -0.05) is 0 Å². The fraction of sp³-hybridized carbons (Fsp3) is 0.692. The summed E-state index contributed by atoms with van der Waals surface area (Å²) < 4.78 is 6.31. The Morgan fingerprint density at radius 2 is 2.20 bits per heavy atom. The highest BCUT2D eigenvalue weighted by Crippen LogP contribution is 2.28. The molecule has 1 amide bonds. The van der Waals surface area contributed by atoms with Gasteiger partial charge in [0.1, 0.15) is 5.60 Å². The molecule has 2 rings (SSSR count). The first kappa shape index (κ1) is 15.7. The monoisotopic (exact) mass is 361 g/mol. The Balaban J connectivity index is 2.06. The first-order valence-corrected chi connectivity index (χ1v) is 8.22. The average molecular weight is 362 g/mol. The fourth-order valence-corrected chi connectivity index (χ4v) is 3.17. The summed E-state index contributed by atoms with van der Waals surface area (Å²) in [5, 5.41) is 2.03. The fourth-order valence-electron chi connectivity index (χ4n) is 2.10. The second-order valence-electron chi connectivity index (χ2n) is 5.95. The van der Waals surface area contributed by atoms with Crippen molar-refractivity contribution in [3.05, 3.63) is 15.0 Å². The maximum absolute atomic E-state index is 12.2. The lowest BCUT2D eigenvalue weighted by Gasteiger charge is -2.39. The van der Waals surface area contributed by atoms with Gasteiger partial charge in [-0.15, -0.1) is 11.3 Å². The van der Waals surface area contributed by atoms with Crippen LogP contribution >= 0.6 is 27.3 Å². The second-order valence-corrected chi connectivity index (χ2v) is 8.08. The quantitative estimate of drug-likeness (QED) is 0.770. The Labute approximate surface area is 132 Å². The molecule has 1 fully saturated rings. The molecule has 1 aromatic heterocycles. The number of nitrogens with zero attached hydrogens (tertiary/aromatic N) is 3. The summed E-state index contributed by atoms with van der Waals surface area (Å²) in [6.07, 6.45) is -0.245. The third-order valence-electron chi connectivity index (χ3n) is 3.14. The summed E-state index contributed by atoms with van der Waals surface area (Å²) in [5.74, 6) is 0. The largest absolute Gasteiger partial charge is 0.444 e. The SMILES string of the molecule is CN1CCN(C(=O)OC(C)(C)C)CC1c1csc(Br)n1. The van der Waals surface area contributed by atoms with Gasteiger partial charge in [0.15, 0.2) is 3.92 Å². The molecule has 2 heterocycles. The van der Waals surface area contributed by atoms with Gasteiger partial charge >= 0.3 is 6.09 Å². The maximum atomic E-state index is 12.2. The van der Waals surface area contributed by atoms with Crippen LogP contribution in [-0.4, -0.2) is 53.2 Å². The normalized spacial score (nSPS) is 21.1. The van der Waals surface area contributed by atoms with Crippen LogP contribution < -0.4 is 0 Å². The third-order valence-corrected chi connectivity index (χ3v) is 4.52. The molecule has 0 aromatic carbocycles. The van der Waals surface area contributed by atoms with E-state index >= 15 is 0 Å². The van der Waals surface area contributed by atoms with Crippen molar-refractivity contribution in [2.75, 3.05) is 26.7 Å². The number of thiazole rings is 1. The number of halogens is 1. The summed E-state index contributed by atoms with van der Waals surface area (Å²) >= 11 is 4.95. The molecule has 1 aliphatic rings. The molecule has 1 aliphatic heterocycles. The van der Waals surface area contributed by atoms with E-state index in [0.717, 1.165) is 16.2 Å². The number of carbonyl (C=O) groups is 1. The number of likely N-dealkylation sites (N-methyl/N-ethyl adjacent to an activating group) is 1. The Bertz CT molecular complexity index is 486. The van der Waals surface area contributed by atoms with Gasteiger partial charge in [-0.2, -0.15) is 0 Å². The molecule has 0 aliphatic carbocycles. The van der Waals surface area contributed by atoms with Crippen LogP contribution in [-0.2, 0) is 4.74 Å². The van der Waals surface area contributed by atoms with Gasteiger partial charge in [-0.3, -0.25) is 4.90 Å². The zero-order valence-electron chi connectivity index (χ0n) is 12.2. The van der Waals surface area contributed by atoms with E-state index in [9.17, 15) is 4.79 Å². The zero-order valence-corrected chi connectivity index (χ0v) is 14.6. The Hall–Kier alpha value is -0.660. The third kappa shape index (κ3) is 3.93. The predicted molar refractivity (Wildman–Crippen MR) is 83.0 cm³/mol. The van der Waals surface area contributed by atoms with E-state index in [1.54, 1.807) is 16.2 Å². The highest BCUT2D eigenvalue weighted by atomic mass is 79.9. The number of hydrogen-bond donors (Lipinski definition) is 0. The molecule has 1 atom stereocenters. The molecule has 0 spiro atoms. The molecule has 20 heavy (non-hydrogen) atoms. The lowest BCUT2D eigenvalue weighted by Crippen LogP contribution is -2.50. The summed E-state index contributed by atoms with van der Waals surface area (Å²) in [4.78, 5) is 20.6. The summed E-state index contributed by atoms with van der Waals surface area (Å²) in [6.45, 7) is 7.77. The number of hydrogen-bond acceptors (Lipinski definition) is 5. The Kier molecular flexibility index (Phi) is 4.71. The van der Waals surface area contributed by atoms with Crippen LogP contribution in [0.3, 0.4) is 0 Å². The molecule has 1 unspecified atom stereocenters. The molecule has 1 saturated heterocycles. The average Bonchev–Trinajstić information content (AvgIpc) is 2.74. The molecule has 0 N–H and O–H groups in total. The minimum absolute atomic E-state index is 0.124. The van der Waals surface area contributed by atoms with Crippen molar-refractivity contribution in [2.24, 2.45) is 0 Å². The molecular formula is C13H20BrN3O2S. The lowest BCUT2D eigenvalue weighted by molar-refractivity contribution is 0.00705. The van der Waals surface area contributed by atoms with Gasteiger partial charge in [0.05, 0.1) is 11.7 Å². The van der Waals surface area contributed by atoms with Crippen molar-refractivity contribution >= 4 is 33.4 Å². The topological polar surface area (TPSA) is 45.7 Å². The summed E-state index contributed by atoms with van der Waals surface area (Å²) in [6, 6.07) is 0.124. The van der Waals surface area contributed by atoms with Crippen LogP contribution in [0.15, 0.2) is 9.30 Å². The van der Waals surface area contributed by atoms with E-state index < -0.39 is 5.60 Å². The lowest BCUT2D eigenvalue weighted by atomic mass is 10.1. The number of aromatic nitrogens is 1.